The maximum atomic E-state index is 12.3. The Balaban J connectivity index is 1.78. The van der Waals surface area contributed by atoms with Crippen LogP contribution in [0, 0.1) is 6.07 Å². The number of carbonyl (C=O) groups excluding carboxylic acids is 2. The number of amides is 2. The third-order valence-electron chi connectivity index (χ3n) is 3.71. The standard InChI is InChI=1S/C18H17N2O2/c21-17-11-4-5-12-20(17)16-10-6-7-14(13-16)18(22)19-15-8-2-1-3-9-15/h1-2,6-10,13H,4-5,11-12H2,(H,19,22). The molecule has 0 saturated carbocycles. The molecule has 1 N–H and O–H groups in total. The van der Waals surface area contributed by atoms with Gasteiger partial charge in [-0.2, -0.15) is 0 Å². The summed E-state index contributed by atoms with van der Waals surface area (Å²) in [6.07, 6.45) is 2.53. The highest BCUT2D eigenvalue weighted by atomic mass is 16.2. The average molecular weight is 293 g/mol. The third kappa shape index (κ3) is 3.17. The van der Waals surface area contributed by atoms with Crippen LogP contribution in [0.2, 0.25) is 0 Å². The molecule has 0 aromatic heterocycles. The molecule has 2 aromatic carbocycles. The van der Waals surface area contributed by atoms with Crippen molar-refractivity contribution in [1.82, 2.24) is 0 Å². The second-order valence-electron chi connectivity index (χ2n) is 5.30. The van der Waals surface area contributed by atoms with Gasteiger partial charge in [0.25, 0.3) is 5.91 Å². The van der Waals surface area contributed by atoms with Gasteiger partial charge in [0.15, 0.2) is 0 Å². The SMILES string of the molecule is O=C(Nc1c[c]ccc1)c1cccc(N2CCCCC2=O)c1. The molecule has 2 amide bonds. The van der Waals surface area contributed by atoms with Crippen LogP contribution in [0.1, 0.15) is 29.6 Å². The van der Waals surface area contributed by atoms with E-state index >= 15 is 0 Å². The van der Waals surface area contributed by atoms with E-state index in [0.29, 0.717) is 17.7 Å². The molecule has 0 spiro atoms. The molecule has 0 unspecified atom stereocenters. The van der Waals surface area contributed by atoms with Gasteiger partial charge in [-0.3, -0.25) is 9.59 Å². The summed E-state index contributed by atoms with van der Waals surface area (Å²) in [4.78, 5) is 26.1. The average Bonchev–Trinajstić information content (AvgIpc) is 2.56. The second-order valence-corrected chi connectivity index (χ2v) is 5.30. The first kappa shape index (κ1) is 14.3. The lowest BCUT2D eigenvalue weighted by Gasteiger charge is -2.27. The lowest BCUT2D eigenvalue weighted by atomic mass is 10.1. The summed E-state index contributed by atoms with van der Waals surface area (Å²) in [5.41, 5.74) is 2.03. The van der Waals surface area contributed by atoms with Crippen molar-refractivity contribution in [1.29, 1.82) is 0 Å². The minimum atomic E-state index is -0.189. The first-order valence-electron chi connectivity index (χ1n) is 7.42. The number of hydrogen-bond donors (Lipinski definition) is 1. The number of nitrogens with one attached hydrogen (secondary N) is 1. The molecular weight excluding hydrogens is 276 g/mol. The lowest BCUT2D eigenvalue weighted by molar-refractivity contribution is -0.119. The molecule has 1 radical (unpaired) electrons. The Bertz CT molecular complexity index is 682. The Labute approximate surface area is 129 Å². The van der Waals surface area contributed by atoms with E-state index < -0.39 is 0 Å². The van der Waals surface area contributed by atoms with Crippen LogP contribution in [0.3, 0.4) is 0 Å². The van der Waals surface area contributed by atoms with E-state index in [9.17, 15) is 9.59 Å². The van der Waals surface area contributed by atoms with Crippen molar-refractivity contribution >= 4 is 23.2 Å². The number of carbonyl (C=O) groups is 2. The molecule has 1 saturated heterocycles. The molecule has 111 valence electrons. The Kier molecular flexibility index (Phi) is 4.19. The molecule has 2 aromatic rings. The van der Waals surface area contributed by atoms with Gasteiger partial charge in [-0.25, -0.2) is 0 Å². The van der Waals surface area contributed by atoms with E-state index in [0.717, 1.165) is 25.1 Å². The van der Waals surface area contributed by atoms with Gasteiger partial charge in [0.1, 0.15) is 0 Å². The van der Waals surface area contributed by atoms with Crippen molar-refractivity contribution in [3.63, 3.8) is 0 Å². The van der Waals surface area contributed by atoms with Gasteiger partial charge in [0.05, 0.1) is 0 Å². The van der Waals surface area contributed by atoms with Crippen LogP contribution in [0.25, 0.3) is 0 Å². The smallest absolute Gasteiger partial charge is 0.255 e. The Hall–Kier alpha value is -2.62. The molecule has 4 heteroatoms. The number of rotatable bonds is 3. The van der Waals surface area contributed by atoms with Crippen LogP contribution in [0.4, 0.5) is 11.4 Å². The molecule has 3 rings (SSSR count). The first-order chi connectivity index (χ1) is 10.7. The van der Waals surface area contributed by atoms with Gasteiger partial charge in [-0.1, -0.05) is 18.2 Å². The fourth-order valence-corrected chi connectivity index (χ4v) is 2.57. The zero-order valence-corrected chi connectivity index (χ0v) is 12.2. The van der Waals surface area contributed by atoms with E-state index in [1.54, 1.807) is 29.2 Å². The van der Waals surface area contributed by atoms with Crippen molar-refractivity contribution in [2.45, 2.75) is 19.3 Å². The maximum Gasteiger partial charge on any atom is 0.255 e. The van der Waals surface area contributed by atoms with E-state index in [2.05, 4.69) is 11.4 Å². The zero-order valence-electron chi connectivity index (χ0n) is 12.2. The molecule has 0 aliphatic carbocycles. The fraction of sp³-hybridized carbons (Fsp3) is 0.222. The third-order valence-corrected chi connectivity index (χ3v) is 3.71. The van der Waals surface area contributed by atoms with Gasteiger partial charge in [-0.15, -0.1) is 0 Å². The molecule has 1 fully saturated rings. The largest absolute Gasteiger partial charge is 0.322 e. The second kappa shape index (κ2) is 6.43. The van der Waals surface area contributed by atoms with Crippen molar-refractivity contribution < 1.29 is 9.59 Å². The minimum absolute atomic E-state index is 0.126. The maximum absolute atomic E-state index is 12.3. The van der Waals surface area contributed by atoms with Gasteiger partial charge in [0, 0.05) is 29.9 Å². The molecule has 0 bridgehead atoms. The molecule has 0 atom stereocenters. The Morgan fingerprint density at radius 2 is 2.09 bits per heavy atom. The number of hydrogen-bond acceptors (Lipinski definition) is 2. The number of benzene rings is 2. The number of nitrogens with zero attached hydrogens (tertiary/aromatic N) is 1. The van der Waals surface area contributed by atoms with Crippen LogP contribution >= 0.6 is 0 Å². The summed E-state index contributed by atoms with van der Waals surface area (Å²) in [6.45, 7) is 0.720. The Morgan fingerprint density at radius 3 is 2.86 bits per heavy atom. The quantitative estimate of drug-likeness (QED) is 0.944. The highest BCUT2D eigenvalue weighted by Gasteiger charge is 2.20. The predicted octanol–water partition coefficient (Wildman–Crippen LogP) is 3.26. The summed E-state index contributed by atoms with van der Waals surface area (Å²) < 4.78 is 0. The monoisotopic (exact) mass is 293 g/mol. The lowest BCUT2D eigenvalue weighted by Crippen LogP contribution is -2.35. The molecular formula is C18H17N2O2. The summed E-state index contributed by atoms with van der Waals surface area (Å²) >= 11 is 0. The van der Waals surface area contributed by atoms with Gasteiger partial charge >= 0.3 is 0 Å². The van der Waals surface area contributed by atoms with Crippen molar-refractivity contribution in [3.05, 3.63) is 60.2 Å². The highest BCUT2D eigenvalue weighted by Crippen LogP contribution is 2.22. The summed E-state index contributed by atoms with van der Waals surface area (Å²) in [7, 11) is 0. The Morgan fingerprint density at radius 1 is 1.18 bits per heavy atom. The van der Waals surface area contributed by atoms with Gasteiger partial charge < -0.3 is 10.2 Å². The molecule has 1 aliphatic rings. The van der Waals surface area contributed by atoms with E-state index in [-0.39, 0.29) is 11.8 Å². The number of anilines is 2. The molecule has 22 heavy (non-hydrogen) atoms. The summed E-state index contributed by atoms with van der Waals surface area (Å²) in [5, 5.41) is 2.83. The minimum Gasteiger partial charge on any atom is -0.322 e. The molecule has 1 heterocycles. The normalized spacial score (nSPS) is 14.7. The molecule has 4 nitrogen and oxygen atoms in total. The molecule has 1 aliphatic heterocycles. The van der Waals surface area contributed by atoms with Crippen molar-refractivity contribution in [3.8, 4) is 0 Å². The van der Waals surface area contributed by atoms with Crippen LogP contribution < -0.4 is 10.2 Å². The van der Waals surface area contributed by atoms with E-state index in [1.165, 1.54) is 0 Å². The van der Waals surface area contributed by atoms with Gasteiger partial charge in [0.2, 0.25) is 5.91 Å². The van der Waals surface area contributed by atoms with Crippen LogP contribution in [-0.2, 0) is 4.79 Å². The van der Waals surface area contributed by atoms with Gasteiger partial charge in [-0.05, 0) is 49.2 Å². The van der Waals surface area contributed by atoms with Crippen LogP contribution in [0.5, 0.6) is 0 Å². The van der Waals surface area contributed by atoms with Crippen LogP contribution in [0.15, 0.2) is 48.5 Å². The summed E-state index contributed by atoms with van der Waals surface area (Å²) in [6, 6.07) is 17.2. The fourth-order valence-electron chi connectivity index (χ4n) is 2.57. The van der Waals surface area contributed by atoms with E-state index in [1.807, 2.05) is 24.3 Å². The topological polar surface area (TPSA) is 49.4 Å². The first-order valence-corrected chi connectivity index (χ1v) is 7.42. The van der Waals surface area contributed by atoms with Crippen LogP contribution in [-0.4, -0.2) is 18.4 Å². The predicted molar refractivity (Wildman–Crippen MR) is 85.9 cm³/mol. The van der Waals surface area contributed by atoms with Crippen molar-refractivity contribution in [2.75, 3.05) is 16.8 Å². The summed E-state index contributed by atoms with van der Waals surface area (Å²) in [5.74, 6) is -0.0626. The van der Waals surface area contributed by atoms with Crippen molar-refractivity contribution in [2.24, 2.45) is 0 Å². The number of piperidine rings is 1. The zero-order chi connectivity index (χ0) is 15.4. The highest BCUT2D eigenvalue weighted by molar-refractivity contribution is 6.05. The van der Waals surface area contributed by atoms with E-state index in [4.69, 9.17) is 0 Å².